The first-order valence-electron chi connectivity index (χ1n) is 5.40. The molecule has 0 aliphatic heterocycles. The van der Waals surface area contributed by atoms with Crippen LogP contribution < -0.4 is 0 Å². The maximum atomic E-state index is 6.05. The van der Waals surface area contributed by atoms with Crippen LogP contribution in [0.1, 0.15) is 0 Å². The Morgan fingerprint density at radius 3 is 2.74 bits per heavy atom. The minimum Gasteiger partial charge on any atom is -0.220 e. The highest BCUT2D eigenvalue weighted by Gasteiger charge is 2.10. The van der Waals surface area contributed by atoms with Gasteiger partial charge in [-0.15, -0.1) is 5.10 Å². The van der Waals surface area contributed by atoms with Crippen LogP contribution in [0, 0.1) is 0 Å². The molecule has 0 radical (unpaired) electrons. The maximum Gasteiger partial charge on any atom is 0.253 e. The van der Waals surface area contributed by atoms with Gasteiger partial charge in [-0.1, -0.05) is 41.0 Å². The summed E-state index contributed by atoms with van der Waals surface area (Å²) in [6, 6.07) is 7.33. The first kappa shape index (κ1) is 12.7. The molecule has 0 bridgehead atoms. The molecule has 0 aliphatic rings. The van der Waals surface area contributed by atoms with Gasteiger partial charge in [0.1, 0.15) is 0 Å². The van der Waals surface area contributed by atoms with Gasteiger partial charge in [0, 0.05) is 11.8 Å². The lowest BCUT2D eigenvalue weighted by Gasteiger charge is -2.04. The third kappa shape index (κ3) is 2.29. The molecule has 7 heteroatoms. The van der Waals surface area contributed by atoms with Gasteiger partial charge < -0.3 is 0 Å². The fourth-order valence-electron chi connectivity index (χ4n) is 1.74. The van der Waals surface area contributed by atoms with E-state index in [-0.39, 0.29) is 0 Å². The van der Waals surface area contributed by atoms with Crippen molar-refractivity contribution < 1.29 is 0 Å². The molecular weight excluding hydrogens is 303 g/mol. The summed E-state index contributed by atoms with van der Waals surface area (Å²) in [5.41, 5.74) is 1.79. The van der Waals surface area contributed by atoms with Crippen molar-refractivity contribution in [3.8, 4) is 11.3 Å². The molecule has 2 heterocycles. The summed E-state index contributed by atoms with van der Waals surface area (Å²) in [6.07, 6.45) is 3.62. The summed E-state index contributed by atoms with van der Waals surface area (Å²) in [7, 11) is 0. The second-order valence-corrected chi connectivity index (χ2v) is 5.36. The number of rotatable bonds is 2. The summed E-state index contributed by atoms with van der Waals surface area (Å²) in [5.74, 6) is 0.563. The zero-order chi connectivity index (χ0) is 13.4. The van der Waals surface area contributed by atoms with Crippen molar-refractivity contribution in [3.63, 3.8) is 0 Å². The van der Waals surface area contributed by atoms with Crippen molar-refractivity contribution in [1.82, 2.24) is 19.6 Å². The van der Waals surface area contributed by atoms with Crippen LogP contribution in [-0.2, 0) is 0 Å². The lowest BCUT2D eigenvalue weighted by molar-refractivity contribution is 0.887. The van der Waals surface area contributed by atoms with Crippen LogP contribution in [0.15, 0.2) is 35.6 Å². The van der Waals surface area contributed by atoms with Crippen LogP contribution in [0.3, 0.4) is 0 Å². The monoisotopic (exact) mass is 310 g/mol. The van der Waals surface area contributed by atoms with Crippen molar-refractivity contribution in [3.05, 3.63) is 40.5 Å². The molecule has 96 valence electrons. The van der Waals surface area contributed by atoms with Gasteiger partial charge >= 0.3 is 0 Å². The fourth-order valence-corrected chi connectivity index (χ4v) is 2.37. The van der Waals surface area contributed by atoms with Crippen molar-refractivity contribution in [2.45, 2.75) is 5.16 Å². The topological polar surface area (TPSA) is 43.1 Å². The van der Waals surface area contributed by atoms with Crippen molar-refractivity contribution in [1.29, 1.82) is 0 Å². The molecule has 0 aliphatic carbocycles. The molecule has 19 heavy (non-hydrogen) atoms. The maximum absolute atomic E-state index is 6.05. The molecular formula is C12H8Cl2N4S. The SMILES string of the molecule is CSc1nc2nccc(-c3ccc(Cl)c(Cl)c3)n2n1. The zero-order valence-electron chi connectivity index (χ0n) is 9.84. The highest BCUT2D eigenvalue weighted by atomic mass is 35.5. The van der Waals surface area contributed by atoms with Gasteiger partial charge in [-0.3, -0.25) is 0 Å². The van der Waals surface area contributed by atoms with E-state index < -0.39 is 0 Å². The van der Waals surface area contributed by atoms with Gasteiger partial charge in [-0.2, -0.15) is 9.50 Å². The van der Waals surface area contributed by atoms with Gasteiger partial charge in [-0.05, 0) is 24.5 Å². The molecule has 2 aromatic heterocycles. The molecule has 0 saturated heterocycles. The van der Waals surface area contributed by atoms with Crippen LogP contribution >= 0.6 is 35.0 Å². The number of hydrogen-bond acceptors (Lipinski definition) is 4. The highest BCUT2D eigenvalue weighted by molar-refractivity contribution is 7.98. The van der Waals surface area contributed by atoms with E-state index in [9.17, 15) is 0 Å². The number of nitrogens with zero attached hydrogens (tertiary/aromatic N) is 4. The van der Waals surface area contributed by atoms with Crippen LogP contribution in [0.5, 0.6) is 0 Å². The third-order valence-electron chi connectivity index (χ3n) is 2.62. The minimum atomic E-state index is 0.509. The summed E-state index contributed by atoms with van der Waals surface area (Å²) in [4.78, 5) is 8.49. The standard InChI is InChI=1S/C12H8Cl2N4S/c1-19-12-16-11-15-5-4-10(18(11)17-12)7-2-3-8(13)9(14)6-7/h2-6H,1H3. The molecule has 4 nitrogen and oxygen atoms in total. The Morgan fingerprint density at radius 1 is 1.16 bits per heavy atom. The average molecular weight is 311 g/mol. The third-order valence-corrected chi connectivity index (χ3v) is 3.90. The quantitative estimate of drug-likeness (QED) is 0.675. The Kier molecular flexibility index (Phi) is 3.35. The Hall–Kier alpha value is -1.30. The first-order valence-corrected chi connectivity index (χ1v) is 7.38. The predicted molar refractivity (Wildman–Crippen MR) is 78.0 cm³/mol. The summed E-state index contributed by atoms with van der Waals surface area (Å²) in [6.45, 7) is 0. The predicted octanol–water partition coefficient (Wildman–Crippen LogP) is 3.82. The molecule has 3 rings (SSSR count). The second-order valence-electron chi connectivity index (χ2n) is 3.77. The van der Waals surface area contributed by atoms with Crippen LogP contribution in [0.4, 0.5) is 0 Å². The van der Waals surface area contributed by atoms with E-state index in [1.165, 1.54) is 11.8 Å². The first-order chi connectivity index (χ1) is 9.19. The molecule has 0 saturated carbocycles. The van der Waals surface area contributed by atoms with Crippen LogP contribution in [-0.4, -0.2) is 25.8 Å². The molecule has 0 N–H and O–H groups in total. The number of fused-ring (bicyclic) bond motifs is 1. The normalized spacial score (nSPS) is 11.1. The lowest BCUT2D eigenvalue weighted by atomic mass is 10.1. The van der Waals surface area contributed by atoms with E-state index in [0.717, 1.165) is 11.3 Å². The molecule has 0 unspecified atom stereocenters. The number of halogens is 2. The largest absolute Gasteiger partial charge is 0.253 e. The van der Waals surface area contributed by atoms with E-state index in [0.29, 0.717) is 21.0 Å². The zero-order valence-corrected chi connectivity index (χ0v) is 12.2. The summed E-state index contributed by atoms with van der Waals surface area (Å²) in [5, 5.41) is 6.11. The Morgan fingerprint density at radius 2 is 2.00 bits per heavy atom. The van der Waals surface area contributed by atoms with Crippen LogP contribution in [0.2, 0.25) is 10.0 Å². The second kappa shape index (κ2) is 5.00. The Bertz CT molecular complexity index is 757. The van der Waals surface area contributed by atoms with Crippen molar-refractivity contribution >= 4 is 40.7 Å². The van der Waals surface area contributed by atoms with Gasteiger partial charge in [0.2, 0.25) is 5.16 Å². The fraction of sp³-hybridized carbons (Fsp3) is 0.0833. The van der Waals surface area contributed by atoms with Gasteiger partial charge in [0.25, 0.3) is 5.78 Å². The van der Waals surface area contributed by atoms with E-state index >= 15 is 0 Å². The molecule has 0 fully saturated rings. The van der Waals surface area contributed by atoms with Gasteiger partial charge in [0.15, 0.2) is 0 Å². The Labute approximate surface area is 123 Å². The average Bonchev–Trinajstić information content (AvgIpc) is 2.85. The highest BCUT2D eigenvalue weighted by Crippen LogP contribution is 2.28. The number of hydrogen-bond donors (Lipinski definition) is 0. The number of benzene rings is 1. The molecule has 0 spiro atoms. The van der Waals surface area contributed by atoms with E-state index in [1.54, 1.807) is 22.8 Å². The molecule has 3 aromatic rings. The Balaban J connectivity index is 2.23. The van der Waals surface area contributed by atoms with Gasteiger partial charge in [0.05, 0.1) is 15.7 Å². The number of thioether (sulfide) groups is 1. The molecule has 0 amide bonds. The van der Waals surface area contributed by atoms with E-state index in [1.807, 2.05) is 18.4 Å². The smallest absolute Gasteiger partial charge is 0.220 e. The lowest BCUT2D eigenvalue weighted by Crippen LogP contribution is -1.95. The summed E-state index contributed by atoms with van der Waals surface area (Å²) < 4.78 is 1.70. The molecule has 1 aromatic carbocycles. The van der Waals surface area contributed by atoms with Crippen LogP contribution in [0.25, 0.3) is 17.0 Å². The van der Waals surface area contributed by atoms with E-state index in [2.05, 4.69) is 15.1 Å². The summed E-state index contributed by atoms with van der Waals surface area (Å²) >= 11 is 13.5. The molecule has 0 atom stereocenters. The van der Waals surface area contributed by atoms with Gasteiger partial charge in [-0.25, -0.2) is 4.98 Å². The van der Waals surface area contributed by atoms with E-state index in [4.69, 9.17) is 23.2 Å². The van der Waals surface area contributed by atoms with Crippen molar-refractivity contribution in [2.75, 3.05) is 6.26 Å². The number of aromatic nitrogens is 4. The van der Waals surface area contributed by atoms with Crippen molar-refractivity contribution in [2.24, 2.45) is 0 Å². The minimum absolute atomic E-state index is 0.509.